The van der Waals surface area contributed by atoms with Gasteiger partial charge in [0.05, 0.1) is 0 Å². The zero-order chi connectivity index (χ0) is 13.1. The van der Waals surface area contributed by atoms with Crippen molar-refractivity contribution in [1.29, 1.82) is 0 Å². The van der Waals surface area contributed by atoms with E-state index >= 15 is 0 Å². The summed E-state index contributed by atoms with van der Waals surface area (Å²) in [5.74, 6) is -3.10. The predicted octanol–water partition coefficient (Wildman–Crippen LogP) is 1.21. The van der Waals surface area contributed by atoms with Crippen molar-refractivity contribution in [3.63, 3.8) is 0 Å². The van der Waals surface area contributed by atoms with E-state index in [0.717, 1.165) is 5.56 Å². The first kappa shape index (κ1) is 12.5. The zero-order valence-corrected chi connectivity index (χ0v) is 9.73. The Kier molecular flexibility index (Phi) is 3.60. The molecule has 1 fully saturated rings. The summed E-state index contributed by atoms with van der Waals surface area (Å²) in [4.78, 5) is 22.6. The molecule has 1 aliphatic heterocycles. The molecule has 0 spiro atoms. The molecule has 2 N–H and O–H groups in total. The normalized spacial score (nSPS) is 23.5. The predicted molar refractivity (Wildman–Crippen MR) is 62.3 cm³/mol. The number of hydrogen-bond acceptors (Lipinski definition) is 2. The van der Waals surface area contributed by atoms with Gasteiger partial charge in [-0.15, -0.1) is 0 Å². The first-order valence-corrected chi connectivity index (χ1v) is 5.83. The van der Waals surface area contributed by atoms with Gasteiger partial charge < -0.3 is 10.4 Å². The van der Waals surface area contributed by atoms with E-state index < -0.39 is 17.8 Å². The van der Waals surface area contributed by atoms with Crippen LogP contribution in [0.2, 0.25) is 0 Å². The topological polar surface area (TPSA) is 66.4 Å². The van der Waals surface area contributed by atoms with Crippen LogP contribution in [-0.2, 0) is 16.0 Å². The minimum Gasteiger partial charge on any atom is -0.481 e. The Morgan fingerprint density at radius 1 is 1.39 bits per heavy atom. The van der Waals surface area contributed by atoms with E-state index in [1.807, 2.05) is 0 Å². The van der Waals surface area contributed by atoms with E-state index in [9.17, 15) is 14.0 Å². The maximum Gasteiger partial charge on any atom is 0.316 e. The van der Waals surface area contributed by atoms with Crippen molar-refractivity contribution >= 4 is 11.9 Å². The first-order valence-electron chi connectivity index (χ1n) is 5.83. The number of carbonyl (C=O) groups is 2. The second-order valence-corrected chi connectivity index (χ2v) is 4.49. The summed E-state index contributed by atoms with van der Waals surface area (Å²) in [5, 5.41) is 11.6. The quantitative estimate of drug-likeness (QED) is 0.793. The third-order valence-corrected chi connectivity index (χ3v) is 3.25. The molecular formula is C13H14FNO3. The summed E-state index contributed by atoms with van der Waals surface area (Å²) in [6.07, 6.45) is 1.10. The molecule has 1 heterocycles. The Labute approximate surface area is 104 Å². The molecule has 0 saturated carbocycles. The van der Waals surface area contributed by atoms with Gasteiger partial charge in [-0.25, -0.2) is 4.39 Å². The van der Waals surface area contributed by atoms with Gasteiger partial charge in [-0.1, -0.05) is 12.1 Å². The number of nitrogens with one attached hydrogen (secondary N) is 1. The molecule has 1 aromatic rings. The number of rotatable bonds is 3. The molecular weight excluding hydrogens is 237 g/mol. The van der Waals surface area contributed by atoms with Crippen LogP contribution in [0.4, 0.5) is 4.39 Å². The summed E-state index contributed by atoms with van der Waals surface area (Å²) in [6, 6.07) is 5.93. The number of carboxylic acid groups (broad SMARTS) is 1. The van der Waals surface area contributed by atoms with Crippen LogP contribution in [0.1, 0.15) is 12.0 Å². The molecule has 4 nitrogen and oxygen atoms in total. The van der Waals surface area contributed by atoms with Gasteiger partial charge in [0, 0.05) is 6.54 Å². The highest BCUT2D eigenvalue weighted by Gasteiger charge is 2.37. The molecule has 2 rings (SSSR count). The van der Waals surface area contributed by atoms with Crippen molar-refractivity contribution in [2.24, 2.45) is 11.8 Å². The van der Waals surface area contributed by atoms with Crippen LogP contribution < -0.4 is 5.32 Å². The lowest BCUT2D eigenvalue weighted by molar-refractivity contribution is -0.150. The van der Waals surface area contributed by atoms with E-state index in [-0.39, 0.29) is 11.7 Å². The molecule has 2 unspecified atom stereocenters. The molecule has 2 atom stereocenters. The number of aliphatic carboxylic acids is 1. The zero-order valence-electron chi connectivity index (χ0n) is 9.73. The Balaban J connectivity index is 2.13. The summed E-state index contributed by atoms with van der Waals surface area (Å²) in [7, 11) is 0. The molecule has 1 aromatic carbocycles. The monoisotopic (exact) mass is 251 g/mol. The Bertz CT molecular complexity index is 458. The molecule has 1 amide bonds. The maximum absolute atomic E-state index is 12.8. The third-order valence-electron chi connectivity index (χ3n) is 3.25. The Hall–Kier alpha value is -1.91. The lowest BCUT2D eigenvalue weighted by Gasteiger charge is -2.28. The van der Waals surface area contributed by atoms with Crippen LogP contribution in [0.3, 0.4) is 0 Å². The van der Waals surface area contributed by atoms with E-state index in [0.29, 0.717) is 19.4 Å². The van der Waals surface area contributed by atoms with Crippen molar-refractivity contribution in [2.75, 3.05) is 6.54 Å². The second-order valence-electron chi connectivity index (χ2n) is 4.49. The fourth-order valence-corrected chi connectivity index (χ4v) is 2.33. The smallest absolute Gasteiger partial charge is 0.316 e. The van der Waals surface area contributed by atoms with Crippen LogP contribution >= 0.6 is 0 Å². The highest BCUT2D eigenvalue weighted by atomic mass is 19.1. The SMILES string of the molecule is O=C(O)C1C(=O)NCCC1Cc1ccc(F)cc1. The maximum atomic E-state index is 12.8. The van der Waals surface area contributed by atoms with Crippen molar-refractivity contribution in [3.8, 4) is 0 Å². The van der Waals surface area contributed by atoms with Gasteiger partial charge in [-0.3, -0.25) is 9.59 Å². The average Bonchev–Trinajstić information content (AvgIpc) is 2.32. The number of carbonyl (C=O) groups excluding carboxylic acids is 1. The summed E-state index contributed by atoms with van der Waals surface area (Å²) < 4.78 is 12.8. The van der Waals surface area contributed by atoms with Crippen molar-refractivity contribution < 1.29 is 19.1 Å². The van der Waals surface area contributed by atoms with E-state index in [4.69, 9.17) is 5.11 Å². The standard InChI is InChI=1S/C13H14FNO3/c14-10-3-1-8(2-4-10)7-9-5-6-15-12(16)11(9)13(17)18/h1-4,9,11H,5-7H2,(H,15,16)(H,17,18). The van der Waals surface area contributed by atoms with Gasteiger partial charge >= 0.3 is 5.97 Å². The van der Waals surface area contributed by atoms with E-state index in [1.165, 1.54) is 12.1 Å². The molecule has 18 heavy (non-hydrogen) atoms. The van der Waals surface area contributed by atoms with Gasteiger partial charge in [0.15, 0.2) is 0 Å². The highest BCUT2D eigenvalue weighted by molar-refractivity contribution is 5.97. The highest BCUT2D eigenvalue weighted by Crippen LogP contribution is 2.24. The minimum atomic E-state index is -1.10. The van der Waals surface area contributed by atoms with Gasteiger partial charge in [-0.2, -0.15) is 0 Å². The fraction of sp³-hybridized carbons (Fsp3) is 0.385. The van der Waals surface area contributed by atoms with Crippen LogP contribution in [0, 0.1) is 17.7 Å². The summed E-state index contributed by atoms with van der Waals surface area (Å²) in [5.41, 5.74) is 0.849. The van der Waals surface area contributed by atoms with Crippen molar-refractivity contribution in [3.05, 3.63) is 35.6 Å². The Morgan fingerprint density at radius 2 is 2.06 bits per heavy atom. The lowest BCUT2D eigenvalue weighted by atomic mass is 9.81. The second kappa shape index (κ2) is 5.16. The van der Waals surface area contributed by atoms with Gasteiger partial charge in [0.25, 0.3) is 0 Å². The molecule has 1 aliphatic rings. The number of benzene rings is 1. The molecule has 0 bridgehead atoms. The Morgan fingerprint density at radius 3 is 2.67 bits per heavy atom. The molecule has 0 aliphatic carbocycles. The van der Waals surface area contributed by atoms with Crippen molar-refractivity contribution in [2.45, 2.75) is 12.8 Å². The molecule has 96 valence electrons. The van der Waals surface area contributed by atoms with Crippen LogP contribution in [0.15, 0.2) is 24.3 Å². The van der Waals surface area contributed by atoms with Crippen LogP contribution in [0.5, 0.6) is 0 Å². The largest absolute Gasteiger partial charge is 0.481 e. The van der Waals surface area contributed by atoms with Gasteiger partial charge in [0.1, 0.15) is 11.7 Å². The van der Waals surface area contributed by atoms with E-state index in [1.54, 1.807) is 12.1 Å². The summed E-state index contributed by atoms with van der Waals surface area (Å²) in [6.45, 7) is 0.495. The van der Waals surface area contributed by atoms with Crippen molar-refractivity contribution in [1.82, 2.24) is 5.32 Å². The van der Waals surface area contributed by atoms with Gasteiger partial charge in [-0.05, 0) is 36.5 Å². The van der Waals surface area contributed by atoms with Crippen LogP contribution in [-0.4, -0.2) is 23.5 Å². The molecule has 0 aromatic heterocycles. The molecule has 1 saturated heterocycles. The number of halogens is 1. The molecule has 5 heteroatoms. The number of carboxylic acids is 1. The summed E-state index contributed by atoms with van der Waals surface area (Å²) >= 11 is 0. The fourth-order valence-electron chi connectivity index (χ4n) is 2.33. The first-order chi connectivity index (χ1) is 8.58. The number of piperidine rings is 1. The number of amides is 1. The minimum absolute atomic E-state index is 0.235. The lowest BCUT2D eigenvalue weighted by Crippen LogP contribution is -2.46. The average molecular weight is 251 g/mol. The number of hydrogen-bond donors (Lipinski definition) is 2. The third kappa shape index (κ3) is 2.67. The van der Waals surface area contributed by atoms with Crippen LogP contribution in [0.25, 0.3) is 0 Å². The van der Waals surface area contributed by atoms with E-state index in [2.05, 4.69) is 5.32 Å². The van der Waals surface area contributed by atoms with Gasteiger partial charge in [0.2, 0.25) is 5.91 Å². The molecule has 0 radical (unpaired) electrons.